The Morgan fingerprint density at radius 3 is 2.73 bits per heavy atom. The summed E-state index contributed by atoms with van der Waals surface area (Å²) in [5.74, 6) is 0.0460. The molecule has 0 fully saturated rings. The standard InChI is InChI=1S/C12H12Cl2O/c1-3-9(7-8(2)15)10-5-4-6-11(13)12(10)14/h3-6,9H,1,7H2,2H3. The molecule has 0 aliphatic heterocycles. The Kier molecular flexibility index (Phi) is 4.37. The van der Waals surface area contributed by atoms with Gasteiger partial charge >= 0.3 is 0 Å². The number of Topliss-reactive ketones (excluding diaryl/α,β-unsaturated/α-hetero) is 1. The molecule has 1 nitrogen and oxygen atoms in total. The third kappa shape index (κ3) is 3.08. The highest BCUT2D eigenvalue weighted by Gasteiger charge is 2.14. The first kappa shape index (κ1) is 12.3. The lowest BCUT2D eigenvalue weighted by atomic mass is 9.94. The van der Waals surface area contributed by atoms with Crippen molar-refractivity contribution in [3.63, 3.8) is 0 Å². The highest BCUT2D eigenvalue weighted by Crippen LogP contribution is 2.33. The van der Waals surface area contributed by atoms with Crippen LogP contribution in [0.4, 0.5) is 0 Å². The van der Waals surface area contributed by atoms with Crippen LogP contribution in [-0.2, 0) is 4.79 Å². The maximum Gasteiger partial charge on any atom is 0.130 e. The van der Waals surface area contributed by atoms with E-state index in [1.54, 1.807) is 19.1 Å². The van der Waals surface area contributed by atoms with E-state index in [0.717, 1.165) is 5.56 Å². The van der Waals surface area contributed by atoms with Crippen molar-refractivity contribution in [3.8, 4) is 0 Å². The van der Waals surface area contributed by atoms with Gasteiger partial charge in [0.05, 0.1) is 10.0 Å². The quantitative estimate of drug-likeness (QED) is 0.722. The van der Waals surface area contributed by atoms with Crippen molar-refractivity contribution in [1.82, 2.24) is 0 Å². The molecule has 0 aromatic heterocycles. The topological polar surface area (TPSA) is 17.1 Å². The maximum absolute atomic E-state index is 11.1. The number of rotatable bonds is 4. The van der Waals surface area contributed by atoms with Gasteiger partial charge in [-0.05, 0) is 18.6 Å². The van der Waals surface area contributed by atoms with Crippen molar-refractivity contribution in [1.29, 1.82) is 0 Å². The summed E-state index contributed by atoms with van der Waals surface area (Å²) in [6.45, 7) is 5.26. The number of carbonyl (C=O) groups excluding carboxylic acids is 1. The lowest BCUT2D eigenvalue weighted by Crippen LogP contribution is -2.02. The van der Waals surface area contributed by atoms with Crippen molar-refractivity contribution in [2.75, 3.05) is 0 Å². The second-order valence-corrected chi connectivity index (χ2v) is 4.18. The van der Waals surface area contributed by atoms with E-state index in [9.17, 15) is 4.79 Å². The van der Waals surface area contributed by atoms with Gasteiger partial charge in [0.1, 0.15) is 5.78 Å². The molecule has 0 aliphatic rings. The van der Waals surface area contributed by atoms with Gasteiger partial charge in [0.2, 0.25) is 0 Å². The summed E-state index contributed by atoms with van der Waals surface area (Å²) in [5.41, 5.74) is 0.856. The van der Waals surface area contributed by atoms with Gasteiger partial charge in [-0.1, -0.05) is 41.4 Å². The summed E-state index contributed by atoms with van der Waals surface area (Å²) in [4.78, 5) is 11.1. The number of benzene rings is 1. The Morgan fingerprint density at radius 1 is 1.53 bits per heavy atom. The Labute approximate surface area is 99.7 Å². The fourth-order valence-electron chi connectivity index (χ4n) is 1.44. The lowest BCUT2D eigenvalue weighted by molar-refractivity contribution is -0.117. The molecule has 1 unspecified atom stereocenters. The van der Waals surface area contributed by atoms with E-state index in [-0.39, 0.29) is 11.7 Å². The van der Waals surface area contributed by atoms with Gasteiger partial charge in [-0.25, -0.2) is 0 Å². The van der Waals surface area contributed by atoms with Crippen LogP contribution in [0.25, 0.3) is 0 Å². The van der Waals surface area contributed by atoms with E-state index in [2.05, 4.69) is 6.58 Å². The smallest absolute Gasteiger partial charge is 0.130 e. The first-order chi connectivity index (χ1) is 7.06. The normalized spacial score (nSPS) is 12.2. The SMILES string of the molecule is C=CC(CC(C)=O)c1cccc(Cl)c1Cl. The molecule has 0 heterocycles. The van der Waals surface area contributed by atoms with Crippen LogP contribution in [0.2, 0.25) is 10.0 Å². The van der Waals surface area contributed by atoms with Gasteiger partial charge in [0.25, 0.3) is 0 Å². The predicted octanol–water partition coefficient (Wildman–Crippen LogP) is 4.24. The molecular weight excluding hydrogens is 231 g/mol. The van der Waals surface area contributed by atoms with Crippen LogP contribution in [0.5, 0.6) is 0 Å². The molecule has 0 bridgehead atoms. The second-order valence-electron chi connectivity index (χ2n) is 3.39. The van der Waals surface area contributed by atoms with Crippen molar-refractivity contribution in [3.05, 3.63) is 46.5 Å². The third-order valence-electron chi connectivity index (χ3n) is 2.17. The van der Waals surface area contributed by atoms with Gasteiger partial charge < -0.3 is 0 Å². The van der Waals surface area contributed by atoms with Crippen molar-refractivity contribution >= 4 is 29.0 Å². The Balaban J connectivity index is 3.06. The zero-order valence-electron chi connectivity index (χ0n) is 8.47. The van der Waals surface area contributed by atoms with Gasteiger partial charge in [-0.2, -0.15) is 0 Å². The van der Waals surface area contributed by atoms with Crippen LogP contribution in [0, 0.1) is 0 Å². The van der Waals surface area contributed by atoms with E-state index < -0.39 is 0 Å². The number of hydrogen-bond donors (Lipinski definition) is 0. The highest BCUT2D eigenvalue weighted by molar-refractivity contribution is 6.42. The second kappa shape index (κ2) is 5.34. The molecule has 1 rings (SSSR count). The number of carbonyl (C=O) groups is 1. The molecule has 1 atom stereocenters. The summed E-state index contributed by atoms with van der Waals surface area (Å²) in [5, 5.41) is 1.01. The molecule has 80 valence electrons. The van der Waals surface area contributed by atoms with Crippen LogP contribution in [0.3, 0.4) is 0 Å². The third-order valence-corrected chi connectivity index (χ3v) is 3.01. The summed E-state index contributed by atoms with van der Waals surface area (Å²) in [6.07, 6.45) is 2.13. The fraction of sp³-hybridized carbons (Fsp3) is 0.250. The molecule has 0 N–H and O–H groups in total. The van der Waals surface area contributed by atoms with E-state index >= 15 is 0 Å². The highest BCUT2D eigenvalue weighted by atomic mass is 35.5. The van der Waals surface area contributed by atoms with Gasteiger partial charge in [-0.3, -0.25) is 4.79 Å². The molecule has 1 aromatic rings. The van der Waals surface area contributed by atoms with Gasteiger partial charge in [0.15, 0.2) is 0 Å². The molecule has 0 spiro atoms. The number of allylic oxidation sites excluding steroid dienone is 1. The van der Waals surface area contributed by atoms with E-state index in [4.69, 9.17) is 23.2 Å². The first-order valence-corrected chi connectivity index (χ1v) is 5.37. The first-order valence-electron chi connectivity index (χ1n) is 4.62. The number of halogens is 2. The molecule has 3 heteroatoms. The molecule has 0 amide bonds. The van der Waals surface area contributed by atoms with E-state index in [1.807, 2.05) is 12.1 Å². The molecule has 0 radical (unpaired) electrons. The van der Waals surface area contributed by atoms with Crippen LogP contribution < -0.4 is 0 Å². The minimum Gasteiger partial charge on any atom is -0.300 e. The monoisotopic (exact) mass is 242 g/mol. The number of ketones is 1. The Hall–Kier alpha value is -0.790. The van der Waals surface area contributed by atoms with Crippen molar-refractivity contribution in [2.24, 2.45) is 0 Å². The molecule has 0 saturated carbocycles. The zero-order valence-corrected chi connectivity index (χ0v) is 9.98. The zero-order chi connectivity index (χ0) is 11.4. The predicted molar refractivity (Wildman–Crippen MR) is 64.7 cm³/mol. The largest absolute Gasteiger partial charge is 0.300 e. The number of hydrogen-bond acceptors (Lipinski definition) is 1. The van der Waals surface area contributed by atoms with Crippen LogP contribution in [0.1, 0.15) is 24.8 Å². The minimum absolute atomic E-state index is 0.0614. The van der Waals surface area contributed by atoms with Crippen LogP contribution in [-0.4, -0.2) is 5.78 Å². The Morgan fingerprint density at radius 2 is 2.20 bits per heavy atom. The lowest BCUT2D eigenvalue weighted by Gasteiger charge is -2.13. The van der Waals surface area contributed by atoms with E-state index in [1.165, 1.54) is 0 Å². The molecule has 1 aromatic carbocycles. The minimum atomic E-state index is -0.0614. The Bertz CT molecular complexity index is 385. The average Bonchev–Trinajstić information content (AvgIpc) is 2.19. The summed E-state index contributed by atoms with van der Waals surface area (Å²) in [6, 6.07) is 5.41. The maximum atomic E-state index is 11.1. The van der Waals surface area contributed by atoms with Crippen molar-refractivity contribution in [2.45, 2.75) is 19.3 Å². The van der Waals surface area contributed by atoms with Crippen LogP contribution >= 0.6 is 23.2 Å². The van der Waals surface area contributed by atoms with Crippen LogP contribution in [0.15, 0.2) is 30.9 Å². The molecular formula is C12H12Cl2O. The summed E-state index contributed by atoms with van der Waals surface area (Å²) >= 11 is 12.0. The molecule has 0 aliphatic carbocycles. The van der Waals surface area contributed by atoms with Gasteiger partial charge in [0, 0.05) is 12.3 Å². The van der Waals surface area contributed by atoms with Gasteiger partial charge in [-0.15, -0.1) is 6.58 Å². The summed E-state index contributed by atoms with van der Waals surface area (Å²) in [7, 11) is 0. The average molecular weight is 243 g/mol. The van der Waals surface area contributed by atoms with E-state index in [0.29, 0.717) is 16.5 Å². The molecule has 15 heavy (non-hydrogen) atoms. The fourth-order valence-corrected chi connectivity index (χ4v) is 1.88. The van der Waals surface area contributed by atoms with Crippen molar-refractivity contribution < 1.29 is 4.79 Å². The molecule has 0 saturated heterocycles. The summed E-state index contributed by atoms with van der Waals surface area (Å²) < 4.78 is 0.